The summed E-state index contributed by atoms with van der Waals surface area (Å²) in [6.45, 7) is -2.84. The van der Waals surface area contributed by atoms with Crippen LogP contribution in [-0.4, -0.2) is 28.8 Å². The van der Waals surface area contributed by atoms with E-state index in [-0.39, 0.29) is 5.75 Å². The minimum atomic E-state index is -2.84. The number of carbonyl (C=O) groups excluding carboxylic acids is 1. The summed E-state index contributed by atoms with van der Waals surface area (Å²) in [5, 5.41) is 11.0. The van der Waals surface area contributed by atoms with Crippen LogP contribution in [0, 0.1) is 0 Å². The van der Waals surface area contributed by atoms with E-state index < -0.39 is 24.8 Å². The van der Waals surface area contributed by atoms with Gasteiger partial charge in [0.2, 0.25) is 5.91 Å². The Bertz CT molecular complexity index is 465. The fourth-order valence-corrected chi connectivity index (χ4v) is 2.21. The molecular formula is C12H15NO3S. The lowest BCUT2D eigenvalue weighted by Gasteiger charge is -2.12. The number of carbonyl (C=O) groups is 2. The van der Waals surface area contributed by atoms with Crippen molar-refractivity contribution in [1.82, 2.24) is 5.32 Å². The van der Waals surface area contributed by atoms with Crippen LogP contribution in [0.25, 0.3) is 0 Å². The van der Waals surface area contributed by atoms with E-state index in [1.54, 1.807) is 0 Å². The van der Waals surface area contributed by atoms with Gasteiger partial charge in [-0.3, -0.25) is 4.79 Å². The summed E-state index contributed by atoms with van der Waals surface area (Å²) in [6.07, 6.45) is 0. The van der Waals surface area contributed by atoms with Crippen LogP contribution in [0.2, 0.25) is 0 Å². The molecule has 0 aliphatic carbocycles. The zero-order valence-electron chi connectivity index (χ0n) is 12.1. The van der Waals surface area contributed by atoms with Crippen molar-refractivity contribution in [3.05, 3.63) is 35.9 Å². The van der Waals surface area contributed by atoms with E-state index in [9.17, 15) is 9.59 Å². The lowest BCUT2D eigenvalue weighted by molar-refractivity contribution is -0.140. The minimum absolute atomic E-state index is 0.103. The molecule has 0 unspecified atom stereocenters. The first-order valence-electron chi connectivity index (χ1n) is 6.46. The maximum absolute atomic E-state index is 11.3. The van der Waals surface area contributed by atoms with Crippen molar-refractivity contribution >= 4 is 23.6 Å². The summed E-state index contributed by atoms with van der Waals surface area (Å²) in [5.74, 6) is -1.80. The van der Waals surface area contributed by atoms with Crippen molar-refractivity contribution in [2.75, 3.05) is 5.75 Å². The molecule has 0 bridgehead atoms. The SMILES string of the molecule is [2H]C([2H])([2H])C(=O)N[C@@H](CSCc1ccccc1)C(=O)O. The highest BCUT2D eigenvalue weighted by atomic mass is 32.2. The third-order valence-corrected chi connectivity index (χ3v) is 3.11. The summed E-state index contributed by atoms with van der Waals surface area (Å²) in [7, 11) is 0. The number of hydrogen-bond acceptors (Lipinski definition) is 3. The average molecular weight is 256 g/mol. The summed E-state index contributed by atoms with van der Waals surface area (Å²) in [5.41, 5.74) is 1.03. The first-order chi connectivity index (χ1) is 9.30. The molecule has 0 aliphatic rings. The summed E-state index contributed by atoms with van der Waals surface area (Å²) in [4.78, 5) is 22.3. The Labute approximate surface area is 109 Å². The lowest BCUT2D eigenvalue weighted by atomic mass is 10.2. The standard InChI is InChI=1S/C12H15NO3S/c1-9(14)13-11(12(15)16)8-17-7-10-5-3-2-4-6-10/h2-6,11H,7-8H2,1H3,(H,13,14)(H,15,16)/t11-/m0/s1/i1D3. The Kier molecular flexibility index (Phi) is 3.90. The molecule has 0 aliphatic heterocycles. The van der Waals surface area contributed by atoms with E-state index in [2.05, 4.69) is 0 Å². The Balaban J connectivity index is 2.48. The van der Waals surface area contributed by atoms with Crippen molar-refractivity contribution < 1.29 is 18.8 Å². The minimum Gasteiger partial charge on any atom is -0.480 e. The molecule has 2 N–H and O–H groups in total. The van der Waals surface area contributed by atoms with E-state index in [1.807, 2.05) is 35.6 Å². The molecule has 0 saturated heterocycles. The molecule has 0 radical (unpaired) electrons. The van der Waals surface area contributed by atoms with Crippen LogP contribution in [0.5, 0.6) is 0 Å². The molecule has 5 heteroatoms. The molecule has 0 heterocycles. The number of carboxylic acid groups (broad SMARTS) is 1. The van der Waals surface area contributed by atoms with E-state index in [0.717, 1.165) is 5.56 Å². The second-order valence-electron chi connectivity index (χ2n) is 3.37. The van der Waals surface area contributed by atoms with Crippen LogP contribution in [-0.2, 0) is 15.3 Å². The predicted molar refractivity (Wildman–Crippen MR) is 67.8 cm³/mol. The van der Waals surface area contributed by atoms with Crippen LogP contribution in [0.3, 0.4) is 0 Å². The Morgan fingerprint density at radius 2 is 2.18 bits per heavy atom. The number of nitrogens with one attached hydrogen (secondary N) is 1. The monoisotopic (exact) mass is 256 g/mol. The first-order valence-corrected chi connectivity index (χ1v) is 6.11. The molecule has 0 spiro atoms. The second kappa shape index (κ2) is 6.96. The maximum atomic E-state index is 11.3. The van der Waals surface area contributed by atoms with Gasteiger partial charge in [0.15, 0.2) is 0 Å². The van der Waals surface area contributed by atoms with Crippen molar-refractivity contribution in [3.8, 4) is 0 Å². The molecule has 4 nitrogen and oxygen atoms in total. The van der Waals surface area contributed by atoms with Crippen LogP contribution in [0.4, 0.5) is 0 Å². The fourth-order valence-electron chi connectivity index (χ4n) is 1.20. The predicted octanol–water partition coefficient (Wildman–Crippen LogP) is 1.51. The molecule has 17 heavy (non-hydrogen) atoms. The molecule has 1 aromatic rings. The highest BCUT2D eigenvalue weighted by Crippen LogP contribution is 2.12. The highest BCUT2D eigenvalue weighted by molar-refractivity contribution is 7.98. The largest absolute Gasteiger partial charge is 0.480 e. The van der Waals surface area contributed by atoms with Gasteiger partial charge in [-0.1, -0.05) is 30.3 Å². The van der Waals surface area contributed by atoms with Gasteiger partial charge in [-0.2, -0.15) is 11.8 Å². The van der Waals surface area contributed by atoms with Crippen LogP contribution in [0.15, 0.2) is 30.3 Å². The van der Waals surface area contributed by atoms with Crippen LogP contribution >= 0.6 is 11.8 Å². The number of rotatable bonds is 6. The average Bonchev–Trinajstić information content (AvgIpc) is 2.37. The maximum Gasteiger partial charge on any atom is 0.327 e. The molecule has 0 saturated carbocycles. The van der Waals surface area contributed by atoms with Crippen LogP contribution in [0.1, 0.15) is 16.5 Å². The molecular weight excluding hydrogens is 238 g/mol. The Morgan fingerprint density at radius 3 is 2.76 bits per heavy atom. The molecule has 1 atom stereocenters. The third kappa shape index (κ3) is 5.40. The van der Waals surface area contributed by atoms with Gasteiger partial charge in [-0.25, -0.2) is 4.79 Å². The highest BCUT2D eigenvalue weighted by Gasteiger charge is 2.17. The van der Waals surface area contributed by atoms with Crippen molar-refractivity contribution in [3.63, 3.8) is 0 Å². The van der Waals surface area contributed by atoms with Gasteiger partial charge in [0.25, 0.3) is 0 Å². The number of thioether (sulfide) groups is 1. The van der Waals surface area contributed by atoms with Gasteiger partial charge < -0.3 is 10.4 Å². The lowest BCUT2D eigenvalue weighted by Crippen LogP contribution is -2.41. The second-order valence-corrected chi connectivity index (χ2v) is 4.40. The Morgan fingerprint density at radius 1 is 1.47 bits per heavy atom. The van der Waals surface area contributed by atoms with E-state index >= 15 is 0 Å². The number of amides is 1. The molecule has 1 amide bonds. The number of benzene rings is 1. The topological polar surface area (TPSA) is 66.4 Å². The Hall–Kier alpha value is -1.49. The summed E-state index contributed by atoms with van der Waals surface area (Å²) in [6, 6.07) is 8.23. The van der Waals surface area contributed by atoms with Gasteiger partial charge in [-0.15, -0.1) is 0 Å². The van der Waals surface area contributed by atoms with Gasteiger partial charge in [0.1, 0.15) is 6.04 Å². The summed E-state index contributed by atoms with van der Waals surface area (Å²) >= 11 is 1.32. The quantitative estimate of drug-likeness (QED) is 0.809. The first kappa shape index (κ1) is 9.53. The molecule has 1 aromatic carbocycles. The number of carboxylic acids is 1. The normalized spacial score (nSPS) is 15.2. The molecule has 0 aromatic heterocycles. The fraction of sp³-hybridized carbons (Fsp3) is 0.333. The van der Waals surface area contributed by atoms with E-state index in [1.165, 1.54) is 11.8 Å². The van der Waals surface area contributed by atoms with Crippen molar-refractivity contribution in [2.45, 2.75) is 18.6 Å². The van der Waals surface area contributed by atoms with E-state index in [0.29, 0.717) is 5.75 Å². The van der Waals surface area contributed by atoms with Gasteiger partial charge in [0, 0.05) is 22.5 Å². The van der Waals surface area contributed by atoms with E-state index in [4.69, 9.17) is 9.22 Å². The van der Waals surface area contributed by atoms with Gasteiger partial charge in [0.05, 0.1) is 0 Å². The zero-order valence-corrected chi connectivity index (χ0v) is 9.87. The number of hydrogen-bond donors (Lipinski definition) is 2. The molecule has 1 rings (SSSR count). The smallest absolute Gasteiger partial charge is 0.327 e. The van der Waals surface area contributed by atoms with Gasteiger partial charge in [-0.05, 0) is 5.56 Å². The zero-order chi connectivity index (χ0) is 15.2. The van der Waals surface area contributed by atoms with Crippen molar-refractivity contribution in [1.29, 1.82) is 0 Å². The van der Waals surface area contributed by atoms with Gasteiger partial charge >= 0.3 is 5.97 Å². The summed E-state index contributed by atoms with van der Waals surface area (Å²) < 4.78 is 20.7. The van der Waals surface area contributed by atoms with Crippen LogP contribution < -0.4 is 5.32 Å². The van der Waals surface area contributed by atoms with Crippen molar-refractivity contribution in [2.24, 2.45) is 0 Å². The third-order valence-electron chi connectivity index (χ3n) is 2.00. The molecule has 0 fully saturated rings. The molecule has 92 valence electrons. The number of aliphatic carboxylic acids is 1.